The second-order valence-corrected chi connectivity index (χ2v) is 6.62. The molecule has 8 heteroatoms. The Morgan fingerprint density at radius 2 is 1.77 bits per heavy atom. The van der Waals surface area contributed by atoms with E-state index < -0.39 is 11.9 Å². The molecule has 0 radical (unpaired) electrons. The third-order valence-corrected chi connectivity index (χ3v) is 4.55. The summed E-state index contributed by atoms with van der Waals surface area (Å²) >= 11 is 0. The zero-order valence-electron chi connectivity index (χ0n) is 15.6. The average molecular weight is 400 g/mol. The van der Waals surface area contributed by atoms with Gasteiger partial charge in [0.15, 0.2) is 0 Å². The van der Waals surface area contributed by atoms with Crippen LogP contribution in [-0.2, 0) is 6.54 Å². The first-order valence-corrected chi connectivity index (χ1v) is 9.02. The number of pyridine rings is 1. The molecule has 0 aliphatic carbocycles. The molecule has 0 atom stereocenters. The summed E-state index contributed by atoms with van der Waals surface area (Å²) in [7, 11) is 0. The van der Waals surface area contributed by atoms with Crippen molar-refractivity contribution >= 4 is 11.9 Å². The van der Waals surface area contributed by atoms with E-state index in [1.807, 2.05) is 6.07 Å². The van der Waals surface area contributed by atoms with Crippen LogP contribution in [0.25, 0.3) is 22.4 Å². The average Bonchev–Trinajstić information content (AvgIpc) is 3.22. The van der Waals surface area contributed by atoms with Gasteiger partial charge in [-0.15, -0.1) is 5.10 Å². The highest BCUT2D eigenvalue weighted by Crippen LogP contribution is 2.27. The fraction of sp³-hybridized carbons (Fsp3) is 0.0455. The number of benzene rings is 2. The number of rotatable bonds is 6. The molecule has 148 valence electrons. The summed E-state index contributed by atoms with van der Waals surface area (Å²) in [4.78, 5) is 27.3. The summed E-state index contributed by atoms with van der Waals surface area (Å²) in [5.74, 6) is -2.18. The van der Waals surface area contributed by atoms with Crippen molar-refractivity contribution in [3.8, 4) is 22.4 Å². The summed E-state index contributed by atoms with van der Waals surface area (Å²) in [6.07, 6.45) is 5.09. The largest absolute Gasteiger partial charge is 0.478 e. The molecule has 2 heterocycles. The van der Waals surface area contributed by atoms with E-state index in [1.165, 1.54) is 12.1 Å². The fourth-order valence-corrected chi connectivity index (χ4v) is 3.19. The van der Waals surface area contributed by atoms with Gasteiger partial charge in [0, 0.05) is 18.0 Å². The zero-order chi connectivity index (χ0) is 21.1. The van der Waals surface area contributed by atoms with E-state index in [9.17, 15) is 19.8 Å². The predicted octanol–water partition coefficient (Wildman–Crippen LogP) is 3.45. The second kappa shape index (κ2) is 7.96. The minimum absolute atomic E-state index is 0.0651. The Labute approximate surface area is 171 Å². The van der Waals surface area contributed by atoms with Crippen molar-refractivity contribution in [3.05, 3.63) is 89.9 Å². The third-order valence-electron chi connectivity index (χ3n) is 4.55. The first kappa shape index (κ1) is 19.0. The van der Waals surface area contributed by atoms with Gasteiger partial charge in [0.1, 0.15) is 5.69 Å². The minimum Gasteiger partial charge on any atom is -0.478 e. The molecule has 30 heavy (non-hydrogen) atoms. The summed E-state index contributed by atoms with van der Waals surface area (Å²) in [5, 5.41) is 27.2. The molecule has 0 bridgehead atoms. The Bertz CT molecular complexity index is 1230. The highest BCUT2D eigenvalue weighted by molar-refractivity contribution is 5.97. The standard InChI is InChI=1S/C22H16N4O4/c27-21(28)17-9-14(8-16(10-17)18-5-1-2-6-19(18)22(29)30)12-26-13-20(24-25-26)15-4-3-7-23-11-15/h1-11,13H,12H2,(H,27,28)(H,29,30). The number of hydrogen-bond donors (Lipinski definition) is 2. The maximum atomic E-state index is 11.6. The van der Waals surface area contributed by atoms with Crippen LogP contribution in [0.3, 0.4) is 0 Å². The number of hydrogen-bond acceptors (Lipinski definition) is 5. The molecule has 4 rings (SSSR count). The Kier molecular flexibility index (Phi) is 5.04. The molecule has 4 aromatic rings. The van der Waals surface area contributed by atoms with Crippen LogP contribution >= 0.6 is 0 Å². The van der Waals surface area contributed by atoms with Crippen molar-refractivity contribution in [1.82, 2.24) is 20.0 Å². The minimum atomic E-state index is -1.10. The quantitative estimate of drug-likeness (QED) is 0.509. The number of nitrogens with zero attached hydrogens (tertiary/aromatic N) is 4. The molecule has 2 aromatic carbocycles. The molecule has 0 saturated carbocycles. The number of aromatic carboxylic acids is 2. The molecule has 0 aliphatic heterocycles. The van der Waals surface area contributed by atoms with E-state index in [0.717, 1.165) is 5.56 Å². The van der Waals surface area contributed by atoms with Crippen molar-refractivity contribution in [1.29, 1.82) is 0 Å². The molecule has 0 fully saturated rings. The smallest absolute Gasteiger partial charge is 0.336 e. The van der Waals surface area contributed by atoms with E-state index in [0.29, 0.717) is 22.4 Å². The van der Waals surface area contributed by atoms with Gasteiger partial charge in [0.05, 0.1) is 23.9 Å². The van der Waals surface area contributed by atoms with Gasteiger partial charge in [-0.05, 0) is 53.1 Å². The van der Waals surface area contributed by atoms with E-state index in [2.05, 4.69) is 15.3 Å². The molecule has 2 N–H and O–H groups in total. The topological polar surface area (TPSA) is 118 Å². The van der Waals surface area contributed by atoms with E-state index in [1.54, 1.807) is 59.7 Å². The maximum absolute atomic E-state index is 11.6. The van der Waals surface area contributed by atoms with Gasteiger partial charge in [-0.1, -0.05) is 23.4 Å². The van der Waals surface area contributed by atoms with Crippen LogP contribution in [0.15, 0.2) is 73.2 Å². The van der Waals surface area contributed by atoms with Crippen LogP contribution in [0.5, 0.6) is 0 Å². The van der Waals surface area contributed by atoms with Crippen molar-refractivity contribution in [3.63, 3.8) is 0 Å². The number of carboxylic acid groups (broad SMARTS) is 2. The van der Waals surface area contributed by atoms with Crippen molar-refractivity contribution < 1.29 is 19.8 Å². The van der Waals surface area contributed by atoms with Crippen LogP contribution in [0.1, 0.15) is 26.3 Å². The van der Waals surface area contributed by atoms with Gasteiger partial charge >= 0.3 is 11.9 Å². The summed E-state index contributed by atoms with van der Waals surface area (Å²) in [6.45, 7) is 0.274. The number of carboxylic acids is 2. The van der Waals surface area contributed by atoms with Gasteiger partial charge in [0.2, 0.25) is 0 Å². The first-order chi connectivity index (χ1) is 14.5. The monoisotopic (exact) mass is 400 g/mol. The van der Waals surface area contributed by atoms with E-state index in [-0.39, 0.29) is 17.7 Å². The van der Waals surface area contributed by atoms with Crippen LogP contribution in [0.2, 0.25) is 0 Å². The second-order valence-electron chi connectivity index (χ2n) is 6.62. The van der Waals surface area contributed by atoms with Crippen molar-refractivity contribution in [2.45, 2.75) is 6.54 Å². The van der Waals surface area contributed by atoms with Gasteiger partial charge in [-0.3, -0.25) is 4.98 Å². The van der Waals surface area contributed by atoms with Crippen LogP contribution in [0, 0.1) is 0 Å². The van der Waals surface area contributed by atoms with Gasteiger partial charge in [-0.2, -0.15) is 0 Å². The lowest BCUT2D eigenvalue weighted by Crippen LogP contribution is -2.05. The lowest BCUT2D eigenvalue weighted by atomic mass is 9.96. The molecule has 0 unspecified atom stereocenters. The zero-order valence-corrected chi connectivity index (χ0v) is 15.6. The Morgan fingerprint density at radius 3 is 2.50 bits per heavy atom. The lowest BCUT2D eigenvalue weighted by molar-refractivity contribution is 0.0687. The van der Waals surface area contributed by atoms with Gasteiger partial charge in [-0.25, -0.2) is 14.3 Å². The first-order valence-electron chi connectivity index (χ1n) is 9.02. The molecule has 0 spiro atoms. The molecule has 2 aromatic heterocycles. The van der Waals surface area contributed by atoms with Gasteiger partial charge < -0.3 is 10.2 Å². The highest BCUT2D eigenvalue weighted by Gasteiger charge is 2.15. The lowest BCUT2D eigenvalue weighted by Gasteiger charge is -2.10. The molecular formula is C22H16N4O4. The van der Waals surface area contributed by atoms with E-state index in [4.69, 9.17) is 0 Å². The molecule has 0 amide bonds. The summed E-state index contributed by atoms with van der Waals surface area (Å²) < 4.78 is 1.59. The van der Waals surface area contributed by atoms with Gasteiger partial charge in [0.25, 0.3) is 0 Å². The SMILES string of the molecule is O=C(O)c1cc(Cn2cc(-c3cccnc3)nn2)cc(-c2ccccc2C(=O)O)c1. The van der Waals surface area contributed by atoms with E-state index >= 15 is 0 Å². The molecule has 0 aliphatic rings. The fourth-order valence-electron chi connectivity index (χ4n) is 3.19. The summed E-state index contributed by atoms with van der Waals surface area (Å²) in [5.41, 5.74) is 3.25. The molecular weight excluding hydrogens is 384 g/mol. The van der Waals surface area contributed by atoms with Crippen LogP contribution < -0.4 is 0 Å². The summed E-state index contributed by atoms with van der Waals surface area (Å²) in [6, 6.07) is 14.9. The number of carbonyl (C=O) groups is 2. The maximum Gasteiger partial charge on any atom is 0.336 e. The third kappa shape index (κ3) is 3.93. The highest BCUT2D eigenvalue weighted by atomic mass is 16.4. The van der Waals surface area contributed by atoms with Crippen LogP contribution in [-0.4, -0.2) is 42.1 Å². The van der Waals surface area contributed by atoms with Crippen molar-refractivity contribution in [2.75, 3.05) is 0 Å². The Balaban J connectivity index is 1.72. The van der Waals surface area contributed by atoms with Crippen LogP contribution in [0.4, 0.5) is 0 Å². The Morgan fingerprint density at radius 1 is 0.933 bits per heavy atom. The molecule has 0 saturated heterocycles. The Hall–Kier alpha value is -4.33. The molecule has 8 nitrogen and oxygen atoms in total. The predicted molar refractivity (Wildman–Crippen MR) is 108 cm³/mol. The normalized spacial score (nSPS) is 10.7. The number of aromatic nitrogens is 4. The van der Waals surface area contributed by atoms with Crippen molar-refractivity contribution in [2.24, 2.45) is 0 Å².